The predicted octanol–water partition coefficient (Wildman–Crippen LogP) is 3.53. The lowest BCUT2D eigenvalue weighted by molar-refractivity contribution is 0.163. The molecule has 1 rings (SSSR count). The topological polar surface area (TPSA) is 29.5 Å². The summed E-state index contributed by atoms with van der Waals surface area (Å²) in [5.74, 6) is 1.49. The molecule has 0 spiro atoms. The minimum Gasteiger partial charge on any atom is -0.497 e. The van der Waals surface area contributed by atoms with Gasteiger partial charge in [0, 0.05) is 5.88 Å². The van der Waals surface area contributed by atoms with Gasteiger partial charge in [-0.15, -0.1) is 11.6 Å². The molecule has 1 N–H and O–H groups in total. The molecular weight excluding hydrogens is 224 g/mol. The summed E-state index contributed by atoms with van der Waals surface area (Å²) in [5, 5.41) is 9.95. The van der Waals surface area contributed by atoms with Crippen molar-refractivity contribution in [2.75, 3.05) is 13.0 Å². The van der Waals surface area contributed by atoms with E-state index in [0.717, 1.165) is 37.0 Å². The molecule has 0 saturated heterocycles. The Kier molecular flexibility index (Phi) is 6.27. The Bertz CT molecular complexity index is 302. The van der Waals surface area contributed by atoms with E-state index in [2.05, 4.69) is 0 Å². The third-order valence-corrected chi connectivity index (χ3v) is 2.86. The number of unbranched alkanes of at least 4 members (excludes halogenated alkanes) is 2. The summed E-state index contributed by atoms with van der Waals surface area (Å²) in [5.41, 5.74) is 0.922. The minimum absolute atomic E-state index is 0.398. The first-order valence-corrected chi connectivity index (χ1v) is 6.19. The summed E-state index contributed by atoms with van der Waals surface area (Å²) >= 11 is 5.59. The van der Waals surface area contributed by atoms with Crippen molar-refractivity contribution in [3.8, 4) is 5.75 Å². The van der Waals surface area contributed by atoms with Crippen molar-refractivity contribution in [1.82, 2.24) is 0 Å². The Labute approximate surface area is 102 Å². The van der Waals surface area contributed by atoms with Crippen LogP contribution in [0.5, 0.6) is 5.75 Å². The molecule has 0 bridgehead atoms. The number of ether oxygens (including phenoxy) is 1. The fraction of sp³-hybridized carbons (Fsp3) is 0.538. The molecule has 16 heavy (non-hydrogen) atoms. The summed E-state index contributed by atoms with van der Waals surface area (Å²) in [6.07, 6.45) is 3.48. The Morgan fingerprint density at radius 2 is 2.12 bits per heavy atom. The summed E-state index contributed by atoms with van der Waals surface area (Å²) < 4.78 is 5.12. The fourth-order valence-electron chi connectivity index (χ4n) is 1.62. The molecular formula is C13H19ClO2. The molecule has 0 aliphatic heterocycles. The molecule has 0 aliphatic carbocycles. The summed E-state index contributed by atoms with van der Waals surface area (Å²) in [4.78, 5) is 0. The minimum atomic E-state index is -0.398. The van der Waals surface area contributed by atoms with Crippen LogP contribution in [0.3, 0.4) is 0 Å². The molecule has 1 aromatic carbocycles. The SMILES string of the molecule is COc1cccc([C@@H](O)CCCCCCl)c1. The third-order valence-electron chi connectivity index (χ3n) is 2.59. The third kappa shape index (κ3) is 4.42. The van der Waals surface area contributed by atoms with Crippen LogP contribution in [-0.4, -0.2) is 18.1 Å². The smallest absolute Gasteiger partial charge is 0.119 e. The van der Waals surface area contributed by atoms with Gasteiger partial charge in [0.15, 0.2) is 0 Å². The number of benzene rings is 1. The average Bonchev–Trinajstić information content (AvgIpc) is 2.34. The van der Waals surface area contributed by atoms with Gasteiger partial charge in [0.25, 0.3) is 0 Å². The zero-order valence-electron chi connectivity index (χ0n) is 9.66. The molecule has 3 heteroatoms. The van der Waals surface area contributed by atoms with Gasteiger partial charge in [0.2, 0.25) is 0 Å². The first kappa shape index (κ1) is 13.3. The summed E-state index contributed by atoms with van der Waals surface area (Å²) in [6, 6.07) is 7.58. The first-order valence-electron chi connectivity index (χ1n) is 5.66. The predicted molar refractivity (Wildman–Crippen MR) is 67.1 cm³/mol. The monoisotopic (exact) mass is 242 g/mol. The van der Waals surface area contributed by atoms with E-state index in [1.807, 2.05) is 24.3 Å². The van der Waals surface area contributed by atoms with Gasteiger partial charge in [-0.2, -0.15) is 0 Å². The van der Waals surface area contributed by atoms with E-state index >= 15 is 0 Å². The lowest BCUT2D eigenvalue weighted by atomic mass is 10.0. The van der Waals surface area contributed by atoms with Gasteiger partial charge in [0.05, 0.1) is 13.2 Å². The zero-order valence-corrected chi connectivity index (χ0v) is 10.4. The summed E-state index contributed by atoms with van der Waals surface area (Å²) in [7, 11) is 1.63. The van der Waals surface area contributed by atoms with Crippen LogP contribution in [0.2, 0.25) is 0 Å². The average molecular weight is 243 g/mol. The van der Waals surface area contributed by atoms with Crippen LogP contribution in [-0.2, 0) is 0 Å². The van der Waals surface area contributed by atoms with Crippen LogP contribution in [0.15, 0.2) is 24.3 Å². The molecule has 0 amide bonds. The van der Waals surface area contributed by atoms with E-state index in [4.69, 9.17) is 16.3 Å². The van der Waals surface area contributed by atoms with Crippen molar-refractivity contribution in [2.24, 2.45) is 0 Å². The molecule has 1 atom stereocenters. The number of methoxy groups -OCH3 is 1. The molecule has 0 aromatic heterocycles. The number of hydrogen-bond acceptors (Lipinski definition) is 2. The first-order chi connectivity index (χ1) is 7.77. The highest BCUT2D eigenvalue weighted by atomic mass is 35.5. The van der Waals surface area contributed by atoms with E-state index in [9.17, 15) is 5.11 Å². The van der Waals surface area contributed by atoms with Crippen molar-refractivity contribution >= 4 is 11.6 Å². The maximum Gasteiger partial charge on any atom is 0.119 e. The lowest BCUT2D eigenvalue weighted by Gasteiger charge is -2.11. The number of halogens is 1. The molecule has 0 heterocycles. The number of alkyl halides is 1. The standard InChI is InChI=1S/C13H19ClO2/c1-16-12-7-5-6-11(10-12)13(15)8-3-2-4-9-14/h5-7,10,13,15H,2-4,8-9H2,1H3/t13-/m0/s1. The molecule has 0 saturated carbocycles. The van der Waals surface area contributed by atoms with E-state index in [1.54, 1.807) is 7.11 Å². The highest BCUT2D eigenvalue weighted by molar-refractivity contribution is 6.17. The zero-order chi connectivity index (χ0) is 11.8. The van der Waals surface area contributed by atoms with Crippen molar-refractivity contribution < 1.29 is 9.84 Å². The maximum atomic E-state index is 9.95. The fourth-order valence-corrected chi connectivity index (χ4v) is 1.81. The number of rotatable bonds is 7. The molecule has 2 nitrogen and oxygen atoms in total. The van der Waals surface area contributed by atoms with Gasteiger partial charge in [-0.3, -0.25) is 0 Å². The van der Waals surface area contributed by atoms with Crippen molar-refractivity contribution in [3.05, 3.63) is 29.8 Å². The number of hydrogen-bond donors (Lipinski definition) is 1. The maximum absolute atomic E-state index is 9.95. The Morgan fingerprint density at radius 1 is 1.31 bits per heavy atom. The number of aliphatic hydroxyl groups is 1. The van der Waals surface area contributed by atoms with Crippen LogP contribution in [0.1, 0.15) is 37.4 Å². The highest BCUT2D eigenvalue weighted by Crippen LogP contribution is 2.23. The Morgan fingerprint density at radius 3 is 2.81 bits per heavy atom. The largest absolute Gasteiger partial charge is 0.497 e. The van der Waals surface area contributed by atoms with Crippen LogP contribution in [0, 0.1) is 0 Å². The second-order valence-electron chi connectivity index (χ2n) is 3.83. The van der Waals surface area contributed by atoms with Crippen LogP contribution < -0.4 is 4.74 Å². The van der Waals surface area contributed by atoms with Crippen LogP contribution >= 0.6 is 11.6 Å². The van der Waals surface area contributed by atoms with Crippen molar-refractivity contribution in [1.29, 1.82) is 0 Å². The van der Waals surface area contributed by atoms with Gasteiger partial charge in [-0.25, -0.2) is 0 Å². The van der Waals surface area contributed by atoms with Crippen LogP contribution in [0.25, 0.3) is 0 Å². The van der Waals surface area contributed by atoms with E-state index < -0.39 is 6.10 Å². The molecule has 90 valence electrons. The van der Waals surface area contributed by atoms with Gasteiger partial charge in [-0.1, -0.05) is 25.0 Å². The normalized spacial score (nSPS) is 12.4. The molecule has 0 unspecified atom stereocenters. The lowest BCUT2D eigenvalue weighted by Crippen LogP contribution is -1.98. The molecule has 0 aliphatic rings. The number of aliphatic hydroxyl groups excluding tert-OH is 1. The molecule has 1 aromatic rings. The Balaban J connectivity index is 2.42. The summed E-state index contributed by atoms with van der Waals surface area (Å²) in [6.45, 7) is 0. The molecule has 0 radical (unpaired) electrons. The van der Waals surface area contributed by atoms with Crippen LogP contribution in [0.4, 0.5) is 0 Å². The van der Waals surface area contributed by atoms with Gasteiger partial charge in [-0.05, 0) is 30.5 Å². The van der Waals surface area contributed by atoms with Gasteiger partial charge < -0.3 is 9.84 Å². The van der Waals surface area contributed by atoms with Crippen molar-refractivity contribution in [2.45, 2.75) is 31.8 Å². The quantitative estimate of drug-likeness (QED) is 0.586. The van der Waals surface area contributed by atoms with Gasteiger partial charge >= 0.3 is 0 Å². The highest BCUT2D eigenvalue weighted by Gasteiger charge is 2.07. The second-order valence-corrected chi connectivity index (χ2v) is 4.21. The Hall–Kier alpha value is -0.730. The van der Waals surface area contributed by atoms with E-state index in [1.165, 1.54) is 0 Å². The van der Waals surface area contributed by atoms with E-state index in [-0.39, 0.29) is 0 Å². The van der Waals surface area contributed by atoms with Crippen molar-refractivity contribution in [3.63, 3.8) is 0 Å². The van der Waals surface area contributed by atoms with E-state index in [0.29, 0.717) is 5.88 Å². The molecule has 0 fully saturated rings. The second kappa shape index (κ2) is 7.53. The van der Waals surface area contributed by atoms with Gasteiger partial charge in [0.1, 0.15) is 5.75 Å².